The molecule has 1 aromatic rings. The van der Waals surface area contributed by atoms with E-state index in [1.54, 1.807) is 6.20 Å². The summed E-state index contributed by atoms with van der Waals surface area (Å²) in [5, 5.41) is 6.01. The van der Waals surface area contributed by atoms with Crippen LogP contribution in [0, 0.1) is 0 Å². The Hall–Kier alpha value is -1.62. The molecule has 5 nitrogen and oxygen atoms in total. The molecule has 2 N–H and O–H groups in total. The van der Waals surface area contributed by atoms with Crippen LogP contribution in [-0.2, 0) is 11.3 Å². The molecule has 0 spiro atoms. The van der Waals surface area contributed by atoms with E-state index in [1.165, 1.54) is 5.56 Å². The van der Waals surface area contributed by atoms with Gasteiger partial charge in [-0.15, -0.1) is 0 Å². The van der Waals surface area contributed by atoms with Gasteiger partial charge in [0.15, 0.2) is 0 Å². The van der Waals surface area contributed by atoms with Gasteiger partial charge in [0.05, 0.1) is 0 Å². The molecule has 0 atom stereocenters. The summed E-state index contributed by atoms with van der Waals surface area (Å²) >= 11 is 0. The minimum absolute atomic E-state index is 0.124. The zero-order valence-electron chi connectivity index (χ0n) is 10.1. The monoisotopic (exact) mass is 234 g/mol. The molecule has 1 aromatic heterocycles. The molecule has 1 aliphatic rings. The number of hydrogen-bond acceptors (Lipinski definition) is 4. The highest BCUT2D eigenvalue weighted by Crippen LogP contribution is 2.17. The first kappa shape index (κ1) is 11.9. The maximum atomic E-state index is 11.3. The van der Waals surface area contributed by atoms with Crippen LogP contribution < -0.4 is 15.5 Å². The average molecular weight is 234 g/mol. The van der Waals surface area contributed by atoms with E-state index in [1.807, 2.05) is 13.1 Å². The second kappa shape index (κ2) is 5.63. The molecule has 1 fully saturated rings. The summed E-state index contributed by atoms with van der Waals surface area (Å²) in [5.41, 5.74) is 1.17. The second-order valence-electron chi connectivity index (χ2n) is 4.10. The summed E-state index contributed by atoms with van der Waals surface area (Å²) in [4.78, 5) is 17.9. The van der Waals surface area contributed by atoms with Crippen LogP contribution in [0.2, 0.25) is 0 Å². The molecule has 1 saturated heterocycles. The number of pyridine rings is 1. The number of hydrogen-bond donors (Lipinski definition) is 2. The predicted octanol–water partition coefficient (Wildman–Crippen LogP) is 0.127. The van der Waals surface area contributed by atoms with Gasteiger partial charge >= 0.3 is 0 Å². The van der Waals surface area contributed by atoms with E-state index in [4.69, 9.17) is 0 Å². The molecule has 0 aliphatic carbocycles. The highest BCUT2D eigenvalue weighted by molar-refractivity contribution is 5.77. The highest BCUT2D eigenvalue weighted by atomic mass is 16.1. The number of carbonyl (C=O) groups is 1. The molecular weight excluding hydrogens is 216 g/mol. The van der Waals surface area contributed by atoms with Crippen LogP contribution in [0.4, 0.5) is 5.82 Å². The summed E-state index contributed by atoms with van der Waals surface area (Å²) in [6.07, 6.45) is 2.34. The summed E-state index contributed by atoms with van der Waals surface area (Å²) in [6.45, 7) is 3.04. The number of nitrogens with zero attached hydrogens (tertiary/aromatic N) is 2. The quantitative estimate of drug-likeness (QED) is 0.780. The van der Waals surface area contributed by atoms with Gasteiger partial charge in [-0.2, -0.15) is 0 Å². The number of carbonyl (C=O) groups excluding carboxylic acids is 1. The molecule has 17 heavy (non-hydrogen) atoms. The van der Waals surface area contributed by atoms with Crippen molar-refractivity contribution >= 4 is 11.7 Å². The van der Waals surface area contributed by atoms with Crippen molar-refractivity contribution in [3.63, 3.8) is 0 Å². The third-order valence-corrected chi connectivity index (χ3v) is 2.85. The zero-order valence-corrected chi connectivity index (χ0v) is 10.1. The van der Waals surface area contributed by atoms with E-state index >= 15 is 0 Å². The van der Waals surface area contributed by atoms with Crippen molar-refractivity contribution in [1.29, 1.82) is 0 Å². The molecule has 1 aliphatic heterocycles. The molecule has 0 bridgehead atoms. The van der Waals surface area contributed by atoms with Crippen molar-refractivity contribution < 1.29 is 4.79 Å². The van der Waals surface area contributed by atoms with Gasteiger partial charge in [-0.1, -0.05) is 6.07 Å². The van der Waals surface area contributed by atoms with Gasteiger partial charge < -0.3 is 15.5 Å². The standard InChI is InChI=1S/C12H18N4O/c1-13-9-10-3-2-5-15-12(10)16-7-4-11(17)14-6-8-16/h2-3,5,13H,4,6-9H2,1H3,(H,14,17). The fraction of sp³-hybridized carbons (Fsp3) is 0.500. The van der Waals surface area contributed by atoms with Crippen LogP contribution in [-0.4, -0.2) is 37.6 Å². The van der Waals surface area contributed by atoms with E-state index < -0.39 is 0 Å². The molecule has 2 rings (SSSR count). The molecule has 0 aromatic carbocycles. The van der Waals surface area contributed by atoms with Gasteiger partial charge in [0, 0.05) is 44.4 Å². The number of rotatable bonds is 3. The Kier molecular flexibility index (Phi) is 3.93. The van der Waals surface area contributed by atoms with Gasteiger partial charge in [0.25, 0.3) is 0 Å². The lowest BCUT2D eigenvalue weighted by Gasteiger charge is -2.23. The molecule has 0 unspecified atom stereocenters. The SMILES string of the molecule is CNCc1cccnc1N1CCNC(=O)CC1. The maximum absolute atomic E-state index is 11.3. The third-order valence-electron chi connectivity index (χ3n) is 2.85. The minimum atomic E-state index is 0.124. The van der Waals surface area contributed by atoms with Crippen LogP contribution in [0.1, 0.15) is 12.0 Å². The Morgan fingerprint density at radius 2 is 2.41 bits per heavy atom. The van der Waals surface area contributed by atoms with Gasteiger partial charge in [-0.05, 0) is 13.1 Å². The van der Waals surface area contributed by atoms with Gasteiger partial charge in [0.2, 0.25) is 5.91 Å². The molecule has 2 heterocycles. The van der Waals surface area contributed by atoms with Crippen molar-refractivity contribution in [3.05, 3.63) is 23.9 Å². The van der Waals surface area contributed by atoms with Crippen LogP contribution >= 0.6 is 0 Å². The summed E-state index contributed by atoms with van der Waals surface area (Å²) in [5.74, 6) is 1.11. The van der Waals surface area contributed by atoms with Crippen LogP contribution in [0.3, 0.4) is 0 Å². The van der Waals surface area contributed by atoms with Crippen molar-refractivity contribution in [3.8, 4) is 0 Å². The van der Waals surface area contributed by atoms with Crippen molar-refractivity contribution in [2.45, 2.75) is 13.0 Å². The van der Waals surface area contributed by atoms with E-state index in [-0.39, 0.29) is 5.91 Å². The lowest BCUT2D eigenvalue weighted by Crippen LogP contribution is -2.30. The van der Waals surface area contributed by atoms with Crippen LogP contribution in [0.15, 0.2) is 18.3 Å². The fourth-order valence-corrected chi connectivity index (χ4v) is 2.02. The number of aromatic nitrogens is 1. The first-order chi connectivity index (χ1) is 8.31. The van der Waals surface area contributed by atoms with E-state index in [0.29, 0.717) is 13.0 Å². The summed E-state index contributed by atoms with van der Waals surface area (Å²) in [7, 11) is 1.92. The zero-order chi connectivity index (χ0) is 12.1. The molecule has 1 amide bonds. The number of amides is 1. The van der Waals surface area contributed by atoms with E-state index in [2.05, 4.69) is 26.6 Å². The number of anilines is 1. The highest BCUT2D eigenvalue weighted by Gasteiger charge is 2.16. The van der Waals surface area contributed by atoms with Crippen molar-refractivity contribution in [2.75, 3.05) is 31.6 Å². The van der Waals surface area contributed by atoms with Gasteiger partial charge in [0.1, 0.15) is 5.82 Å². The minimum Gasteiger partial charge on any atom is -0.354 e. The molecule has 0 radical (unpaired) electrons. The first-order valence-corrected chi connectivity index (χ1v) is 5.91. The Morgan fingerprint density at radius 1 is 1.53 bits per heavy atom. The van der Waals surface area contributed by atoms with E-state index in [9.17, 15) is 4.79 Å². The van der Waals surface area contributed by atoms with Crippen LogP contribution in [0.25, 0.3) is 0 Å². The molecular formula is C12H18N4O. The molecule has 5 heteroatoms. The Balaban J connectivity index is 2.17. The second-order valence-corrected chi connectivity index (χ2v) is 4.10. The number of nitrogens with one attached hydrogen (secondary N) is 2. The molecule has 0 saturated carbocycles. The van der Waals surface area contributed by atoms with Crippen LogP contribution in [0.5, 0.6) is 0 Å². The Labute approximate surface area is 101 Å². The largest absolute Gasteiger partial charge is 0.354 e. The lowest BCUT2D eigenvalue weighted by atomic mass is 10.2. The third kappa shape index (κ3) is 2.94. The molecule has 92 valence electrons. The summed E-state index contributed by atoms with van der Waals surface area (Å²) < 4.78 is 0. The maximum Gasteiger partial charge on any atom is 0.221 e. The summed E-state index contributed by atoms with van der Waals surface area (Å²) in [6, 6.07) is 4.01. The smallest absolute Gasteiger partial charge is 0.221 e. The normalized spacial score (nSPS) is 16.5. The average Bonchev–Trinajstić information content (AvgIpc) is 2.55. The van der Waals surface area contributed by atoms with Crippen molar-refractivity contribution in [1.82, 2.24) is 15.6 Å². The van der Waals surface area contributed by atoms with Gasteiger partial charge in [-0.25, -0.2) is 4.98 Å². The van der Waals surface area contributed by atoms with Crippen molar-refractivity contribution in [2.24, 2.45) is 0 Å². The first-order valence-electron chi connectivity index (χ1n) is 5.91. The Morgan fingerprint density at radius 3 is 3.24 bits per heavy atom. The fourth-order valence-electron chi connectivity index (χ4n) is 2.02. The Bertz CT molecular complexity index is 394. The van der Waals surface area contributed by atoms with E-state index in [0.717, 1.165) is 25.5 Å². The lowest BCUT2D eigenvalue weighted by molar-refractivity contribution is -0.120. The van der Waals surface area contributed by atoms with Gasteiger partial charge in [-0.3, -0.25) is 4.79 Å². The topological polar surface area (TPSA) is 57.3 Å². The predicted molar refractivity (Wildman–Crippen MR) is 66.8 cm³/mol.